The summed E-state index contributed by atoms with van der Waals surface area (Å²) in [6.45, 7) is 7.45. The third-order valence-electron chi connectivity index (χ3n) is 2.65. The molecule has 1 aromatic rings. The Balaban J connectivity index is 2.10. The van der Waals surface area contributed by atoms with Crippen LogP contribution in [0.2, 0.25) is 0 Å². The molecule has 110 valence electrons. The van der Waals surface area contributed by atoms with Crippen molar-refractivity contribution < 1.29 is 9.47 Å². The molecule has 0 aliphatic carbocycles. The lowest BCUT2D eigenvalue weighted by Crippen LogP contribution is -2.23. The van der Waals surface area contributed by atoms with Crippen molar-refractivity contribution in [2.24, 2.45) is 0 Å². The Kier molecular flexibility index (Phi) is 8.99. The lowest BCUT2D eigenvalue weighted by atomic mass is 10.2. The van der Waals surface area contributed by atoms with Crippen molar-refractivity contribution in [3.05, 3.63) is 16.1 Å². The smallest absolute Gasteiger partial charge is 0.0951 e. The topological polar surface area (TPSA) is 43.4 Å². The van der Waals surface area contributed by atoms with Crippen molar-refractivity contribution in [1.29, 1.82) is 0 Å². The summed E-state index contributed by atoms with van der Waals surface area (Å²) in [4.78, 5) is 4.62. The minimum absolute atomic E-state index is 0.565. The molecule has 0 spiro atoms. The molecule has 0 bridgehead atoms. The Bertz CT molecular complexity index is 329. The molecule has 0 amide bonds. The van der Waals surface area contributed by atoms with E-state index in [0.29, 0.717) is 19.3 Å². The largest absolute Gasteiger partial charge is 0.382 e. The molecule has 5 heteroatoms. The molecule has 19 heavy (non-hydrogen) atoms. The third kappa shape index (κ3) is 8.31. The van der Waals surface area contributed by atoms with E-state index in [0.717, 1.165) is 32.4 Å². The number of aryl methyl sites for hydroxylation is 1. The van der Waals surface area contributed by atoms with Crippen LogP contribution < -0.4 is 5.32 Å². The molecule has 0 saturated carbocycles. The Morgan fingerprint density at radius 1 is 1.26 bits per heavy atom. The molecular weight excluding hydrogens is 260 g/mol. The SMILES string of the molecule is COCCOCCc1nc(CCCNC(C)C)cs1. The van der Waals surface area contributed by atoms with Crippen molar-refractivity contribution in [3.63, 3.8) is 0 Å². The molecule has 1 heterocycles. The van der Waals surface area contributed by atoms with Gasteiger partial charge in [-0.1, -0.05) is 13.8 Å². The summed E-state index contributed by atoms with van der Waals surface area (Å²) in [6.07, 6.45) is 3.10. The fourth-order valence-electron chi connectivity index (χ4n) is 1.64. The predicted molar refractivity (Wildman–Crippen MR) is 80.0 cm³/mol. The zero-order chi connectivity index (χ0) is 13.9. The molecule has 0 unspecified atom stereocenters. The summed E-state index contributed by atoms with van der Waals surface area (Å²) in [5, 5.41) is 6.76. The number of nitrogens with zero attached hydrogens (tertiary/aromatic N) is 1. The minimum Gasteiger partial charge on any atom is -0.382 e. The number of rotatable bonds is 11. The highest BCUT2D eigenvalue weighted by Crippen LogP contribution is 2.12. The van der Waals surface area contributed by atoms with Crippen molar-refractivity contribution in [2.75, 3.05) is 33.5 Å². The monoisotopic (exact) mass is 286 g/mol. The highest BCUT2D eigenvalue weighted by atomic mass is 32.1. The zero-order valence-corrected chi connectivity index (χ0v) is 13.1. The number of hydrogen-bond acceptors (Lipinski definition) is 5. The van der Waals surface area contributed by atoms with Crippen molar-refractivity contribution in [3.8, 4) is 0 Å². The summed E-state index contributed by atoms with van der Waals surface area (Å²) < 4.78 is 10.4. The second-order valence-electron chi connectivity index (χ2n) is 4.80. The van der Waals surface area contributed by atoms with Gasteiger partial charge in [0.1, 0.15) is 0 Å². The first-order valence-corrected chi connectivity index (χ1v) is 7.83. The lowest BCUT2D eigenvalue weighted by Gasteiger charge is -2.06. The molecule has 0 aromatic carbocycles. The van der Waals surface area contributed by atoms with Gasteiger partial charge >= 0.3 is 0 Å². The van der Waals surface area contributed by atoms with Gasteiger partial charge in [-0.2, -0.15) is 0 Å². The Labute approximate surface area is 120 Å². The minimum atomic E-state index is 0.565. The maximum absolute atomic E-state index is 5.44. The molecule has 1 aromatic heterocycles. The lowest BCUT2D eigenvalue weighted by molar-refractivity contribution is 0.0722. The molecule has 0 aliphatic rings. The van der Waals surface area contributed by atoms with Crippen LogP contribution in [0, 0.1) is 0 Å². The van der Waals surface area contributed by atoms with Crippen molar-refractivity contribution >= 4 is 11.3 Å². The summed E-state index contributed by atoms with van der Waals surface area (Å²) in [5.74, 6) is 0. The summed E-state index contributed by atoms with van der Waals surface area (Å²) in [7, 11) is 1.69. The second-order valence-corrected chi connectivity index (χ2v) is 5.74. The van der Waals surface area contributed by atoms with E-state index in [1.165, 1.54) is 10.7 Å². The third-order valence-corrected chi connectivity index (χ3v) is 3.61. The van der Waals surface area contributed by atoms with Gasteiger partial charge in [-0.15, -0.1) is 11.3 Å². The van der Waals surface area contributed by atoms with Gasteiger partial charge in [0.2, 0.25) is 0 Å². The van der Waals surface area contributed by atoms with Crippen LogP contribution in [0.25, 0.3) is 0 Å². The molecule has 0 aliphatic heterocycles. The maximum atomic E-state index is 5.44. The van der Waals surface area contributed by atoms with Crippen LogP contribution in [0.15, 0.2) is 5.38 Å². The Morgan fingerprint density at radius 3 is 2.84 bits per heavy atom. The van der Waals surface area contributed by atoms with E-state index in [2.05, 4.69) is 29.5 Å². The highest BCUT2D eigenvalue weighted by Gasteiger charge is 2.02. The molecule has 4 nitrogen and oxygen atoms in total. The van der Waals surface area contributed by atoms with Crippen molar-refractivity contribution in [2.45, 2.75) is 39.2 Å². The molecular formula is C14H26N2O2S. The molecule has 1 rings (SSSR count). The van der Waals surface area contributed by atoms with E-state index in [1.807, 2.05) is 0 Å². The second kappa shape index (κ2) is 10.3. The maximum Gasteiger partial charge on any atom is 0.0951 e. The van der Waals surface area contributed by atoms with Crippen molar-refractivity contribution in [1.82, 2.24) is 10.3 Å². The first-order chi connectivity index (χ1) is 9.22. The van der Waals surface area contributed by atoms with Crippen LogP contribution in [-0.4, -0.2) is 44.5 Å². The fraction of sp³-hybridized carbons (Fsp3) is 0.786. The fourth-order valence-corrected chi connectivity index (χ4v) is 2.46. The van der Waals surface area contributed by atoms with Gasteiger partial charge in [-0.25, -0.2) is 4.98 Å². The zero-order valence-electron chi connectivity index (χ0n) is 12.3. The average Bonchev–Trinajstić information content (AvgIpc) is 2.82. The molecule has 0 saturated heterocycles. The molecule has 0 atom stereocenters. The standard InChI is InChI=1S/C14H26N2O2S/c1-12(2)15-7-4-5-13-11-19-14(16-13)6-8-18-10-9-17-3/h11-12,15H,4-10H2,1-3H3. The number of thiazole rings is 1. The Hall–Kier alpha value is -0.490. The Morgan fingerprint density at radius 2 is 2.11 bits per heavy atom. The number of hydrogen-bond donors (Lipinski definition) is 1. The van der Waals surface area contributed by atoms with Crippen LogP contribution >= 0.6 is 11.3 Å². The van der Waals surface area contributed by atoms with Gasteiger partial charge in [0.05, 0.1) is 30.5 Å². The van der Waals surface area contributed by atoms with Gasteiger partial charge in [-0.3, -0.25) is 0 Å². The normalized spacial score (nSPS) is 11.4. The average molecular weight is 286 g/mol. The van der Waals surface area contributed by atoms with E-state index in [9.17, 15) is 0 Å². The van der Waals surface area contributed by atoms with E-state index in [4.69, 9.17) is 9.47 Å². The highest BCUT2D eigenvalue weighted by molar-refractivity contribution is 7.09. The molecule has 0 fully saturated rings. The van der Waals surface area contributed by atoms with Crippen LogP contribution in [0.3, 0.4) is 0 Å². The van der Waals surface area contributed by atoms with Crippen LogP contribution in [0.4, 0.5) is 0 Å². The van der Waals surface area contributed by atoms with E-state index < -0.39 is 0 Å². The predicted octanol–water partition coefficient (Wildman–Crippen LogP) is 2.28. The number of methoxy groups -OCH3 is 1. The van der Waals surface area contributed by atoms with Gasteiger partial charge in [-0.05, 0) is 19.4 Å². The van der Waals surface area contributed by atoms with Gasteiger partial charge in [0.25, 0.3) is 0 Å². The van der Waals surface area contributed by atoms with Gasteiger partial charge in [0.15, 0.2) is 0 Å². The quantitative estimate of drug-likeness (QED) is 0.634. The number of nitrogens with one attached hydrogen (secondary N) is 1. The van der Waals surface area contributed by atoms with E-state index >= 15 is 0 Å². The molecule has 0 radical (unpaired) electrons. The summed E-state index contributed by atoms with van der Waals surface area (Å²) in [6, 6.07) is 0.565. The van der Waals surface area contributed by atoms with E-state index in [-0.39, 0.29) is 0 Å². The van der Waals surface area contributed by atoms with Crippen LogP contribution in [-0.2, 0) is 22.3 Å². The van der Waals surface area contributed by atoms with Gasteiger partial charge in [0, 0.05) is 25.0 Å². The number of aromatic nitrogens is 1. The summed E-state index contributed by atoms with van der Waals surface area (Å²) in [5.41, 5.74) is 1.21. The first-order valence-electron chi connectivity index (χ1n) is 6.95. The first kappa shape index (κ1) is 16.6. The van der Waals surface area contributed by atoms with Gasteiger partial charge < -0.3 is 14.8 Å². The molecule has 1 N–H and O–H groups in total. The number of ether oxygens (including phenoxy) is 2. The van der Waals surface area contributed by atoms with Crippen LogP contribution in [0.1, 0.15) is 31.0 Å². The van der Waals surface area contributed by atoms with Crippen LogP contribution in [0.5, 0.6) is 0 Å². The summed E-state index contributed by atoms with van der Waals surface area (Å²) >= 11 is 1.73. The van der Waals surface area contributed by atoms with E-state index in [1.54, 1.807) is 18.4 Å².